The van der Waals surface area contributed by atoms with Crippen LogP contribution < -0.4 is 10.6 Å². The van der Waals surface area contributed by atoms with Crippen molar-refractivity contribution in [1.29, 1.82) is 0 Å². The third-order valence-electron chi connectivity index (χ3n) is 3.73. The largest absolute Gasteiger partial charge is 0.383 e. The van der Waals surface area contributed by atoms with E-state index >= 15 is 0 Å². The van der Waals surface area contributed by atoms with Crippen LogP contribution in [0.3, 0.4) is 0 Å². The molecule has 3 rings (SSSR count). The van der Waals surface area contributed by atoms with E-state index in [2.05, 4.69) is 39.9 Å². The molecule has 0 bridgehead atoms. The number of hydrogen-bond acceptors (Lipinski definition) is 4. The van der Waals surface area contributed by atoms with Crippen LogP contribution in [0.2, 0.25) is 0 Å². The van der Waals surface area contributed by atoms with Crippen LogP contribution in [0.1, 0.15) is 26.2 Å². The van der Waals surface area contributed by atoms with Gasteiger partial charge in [0.25, 0.3) is 0 Å². The van der Waals surface area contributed by atoms with Crippen molar-refractivity contribution in [3.05, 3.63) is 36.7 Å². The van der Waals surface area contributed by atoms with E-state index in [9.17, 15) is 0 Å². The highest BCUT2D eigenvalue weighted by molar-refractivity contribution is 5.48. The molecule has 20 heavy (non-hydrogen) atoms. The molecule has 2 atom stereocenters. The molecule has 5 heteroatoms. The fourth-order valence-corrected chi connectivity index (χ4v) is 2.77. The molecule has 2 heterocycles. The zero-order valence-electron chi connectivity index (χ0n) is 11.8. The van der Waals surface area contributed by atoms with Crippen molar-refractivity contribution in [2.24, 2.45) is 0 Å². The van der Waals surface area contributed by atoms with Gasteiger partial charge in [-0.1, -0.05) is 0 Å². The minimum atomic E-state index is 0.472. The molecule has 2 unspecified atom stereocenters. The molecule has 0 radical (unpaired) electrons. The quantitative estimate of drug-likeness (QED) is 0.875. The number of nitrogens with zero attached hydrogens (tertiary/aromatic N) is 3. The van der Waals surface area contributed by atoms with Crippen LogP contribution in [0, 0.1) is 0 Å². The van der Waals surface area contributed by atoms with E-state index in [0.717, 1.165) is 11.4 Å². The van der Waals surface area contributed by atoms with Crippen LogP contribution in [0.4, 0.5) is 5.69 Å². The third kappa shape index (κ3) is 3.17. The highest BCUT2D eigenvalue weighted by Gasteiger charge is 2.16. The number of hydrogen-bond donors (Lipinski definition) is 2. The van der Waals surface area contributed by atoms with Crippen LogP contribution in [-0.2, 0) is 0 Å². The van der Waals surface area contributed by atoms with Gasteiger partial charge >= 0.3 is 0 Å². The minimum absolute atomic E-state index is 0.472. The Morgan fingerprint density at radius 3 is 2.70 bits per heavy atom. The topological polar surface area (TPSA) is 54.8 Å². The Balaban J connectivity index is 1.57. The first-order chi connectivity index (χ1) is 9.81. The zero-order valence-corrected chi connectivity index (χ0v) is 11.8. The van der Waals surface area contributed by atoms with Crippen molar-refractivity contribution < 1.29 is 0 Å². The number of aromatic nitrogens is 3. The summed E-state index contributed by atoms with van der Waals surface area (Å²) < 4.78 is 0. The molecule has 0 aliphatic carbocycles. The number of benzene rings is 1. The van der Waals surface area contributed by atoms with E-state index < -0.39 is 0 Å². The minimum Gasteiger partial charge on any atom is -0.383 e. The van der Waals surface area contributed by atoms with Crippen molar-refractivity contribution in [2.45, 2.75) is 38.3 Å². The molecular weight excluding hydrogens is 250 g/mol. The van der Waals surface area contributed by atoms with E-state index in [1.54, 1.807) is 17.2 Å². The molecule has 2 N–H and O–H groups in total. The van der Waals surface area contributed by atoms with Crippen molar-refractivity contribution in [3.8, 4) is 5.69 Å². The summed E-state index contributed by atoms with van der Waals surface area (Å²) in [6, 6.07) is 9.37. The van der Waals surface area contributed by atoms with Gasteiger partial charge in [0.2, 0.25) is 0 Å². The Morgan fingerprint density at radius 2 is 2.05 bits per heavy atom. The van der Waals surface area contributed by atoms with Crippen LogP contribution >= 0.6 is 0 Å². The molecule has 0 spiro atoms. The fraction of sp³-hybridized carbons (Fsp3) is 0.467. The van der Waals surface area contributed by atoms with Gasteiger partial charge in [0, 0.05) is 17.8 Å². The predicted molar refractivity (Wildman–Crippen MR) is 80.1 cm³/mol. The fourth-order valence-electron chi connectivity index (χ4n) is 2.77. The van der Waals surface area contributed by atoms with Crippen molar-refractivity contribution in [2.75, 3.05) is 11.9 Å². The molecule has 5 nitrogen and oxygen atoms in total. The molecule has 1 aliphatic heterocycles. The molecule has 0 amide bonds. The van der Waals surface area contributed by atoms with Crippen molar-refractivity contribution in [1.82, 2.24) is 20.3 Å². The predicted octanol–water partition coefficient (Wildman–Crippen LogP) is 2.21. The zero-order chi connectivity index (χ0) is 13.8. The van der Waals surface area contributed by atoms with Crippen molar-refractivity contribution in [3.63, 3.8) is 0 Å². The van der Waals surface area contributed by atoms with Crippen LogP contribution in [0.15, 0.2) is 36.7 Å². The lowest BCUT2D eigenvalue weighted by atomic mass is 10.1. The first-order valence-electron chi connectivity index (χ1n) is 7.28. The van der Waals surface area contributed by atoms with Gasteiger partial charge in [0.15, 0.2) is 0 Å². The van der Waals surface area contributed by atoms with Gasteiger partial charge in [-0.05, 0) is 57.0 Å². The summed E-state index contributed by atoms with van der Waals surface area (Å²) >= 11 is 0. The number of rotatable bonds is 5. The maximum atomic E-state index is 4.12. The maximum Gasteiger partial charge on any atom is 0.0858 e. The second kappa shape index (κ2) is 6.05. The van der Waals surface area contributed by atoms with Gasteiger partial charge in [-0.2, -0.15) is 15.0 Å². The summed E-state index contributed by atoms with van der Waals surface area (Å²) in [7, 11) is 0. The van der Waals surface area contributed by atoms with Gasteiger partial charge in [-0.15, -0.1) is 0 Å². The summed E-state index contributed by atoms with van der Waals surface area (Å²) in [5, 5.41) is 15.3. The van der Waals surface area contributed by atoms with E-state index in [4.69, 9.17) is 0 Å². The monoisotopic (exact) mass is 271 g/mol. The average molecular weight is 271 g/mol. The SMILES string of the molecule is CC(CC1CCCN1)Nc1ccc(-n2nccn2)cc1. The van der Waals surface area contributed by atoms with E-state index in [-0.39, 0.29) is 0 Å². The van der Waals surface area contributed by atoms with Crippen molar-refractivity contribution >= 4 is 5.69 Å². The molecule has 1 aliphatic rings. The first-order valence-corrected chi connectivity index (χ1v) is 7.28. The lowest BCUT2D eigenvalue weighted by Crippen LogP contribution is -2.29. The summed E-state index contributed by atoms with van der Waals surface area (Å²) in [6.45, 7) is 3.41. The molecule has 106 valence electrons. The maximum absolute atomic E-state index is 4.12. The summed E-state index contributed by atoms with van der Waals surface area (Å²) in [5.74, 6) is 0. The highest BCUT2D eigenvalue weighted by atomic mass is 15.5. The van der Waals surface area contributed by atoms with E-state index in [0.29, 0.717) is 12.1 Å². The third-order valence-corrected chi connectivity index (χ3v) is 3.73. The second-order valence-corrected chi connectivity index (χ2v) is 5.44. The van der Waals surface area contributed by atoms with Crippen LogP contribution in [0.25, 0.3) is 5.69 Å². The highest BCUT2D eigenvalue weighted by Crippen LogP contribution is 2.16. The van der Waals surface area contributed by atoms with Crippen LogP contribution in [-0.4, -0.2) is 33.6 Å². The molecule has 1 saturated heterocycles. The van der Waals surface area contributed by atoms with Crippen LogP contribution in [0.5, 0.6) is 0 Å². The summed E-state index contributed by atoms with van der Waals surface area (Å²) in [4.78, 5) is 1.62. The Labute approximate surface area is 119 Å². The molecule has 1 fully saturated rings. The molecular formula is C15H21N5. The molecule has 1 aromatic heterocycles. The Kier molecular flexibility index (Phi) is 3.97. The first kappa shape index (κ1) is 13.1. The summed E-state index contributed by atoms with van der Waals surface area (Å²) in [6.07, 6.45) is 7.15. The lowest BCUT2D eigenvalue weighted by molar-refractivity contribution is 0.523. The normalized spacial score (nSPS) is 19.9. The van der Waals surface area contributed by atoms with Gasteiger partial charge in [-0.25, -0.2) is 0 Å². The number of anilines is 1. The molecule has 1 aromatic carbocycles. The lowest BCUT2D eigenvalue weighted by Gasteiger charge is -2.19. The van der Waals surface area contributed by atoms with E-state index in [1.807, 2.05) is 12.1 Å². The average Bonchev–Trinajstić information content (AvgIpc) is 3.12. The molecule has 0 saturated carbocycles. The van der Waals surface area contributed by atoms with Gasteiger partial charge < -0.3 is 10.6 Å². The standard InChI is InChI=1S/C15H21N5/c1-12(11-14-3-2-8-16-14)19-13-4-6-15(7-5-13)20-17-9-10-18-20/h4-7,9-10,12,14,16,19H,2-3,8,11H2,1H3. The van der Waals surface area contributed by atoms with Gasteiger partial charge in [0.05, 0.1) is 18.1 Å². The Bertz CT molecular complexity index is 514. The Morgan fingerprint density at radius 1 is 1.30 bits per heavy atom. The molecule has 2 aromatic rings. The van der Waals surface area contributed by atoms with Gasteiger partial charge in [-0.3, -0.25) is 0 Å². The number of nitrogens with one attached hydrogen (secondary N) is 2. The summed E-state index contributed by atoms with van der Waals surface area (Å²) in [5.41, 5.74) is 2.12. The smallest absolute Gasteiger partial charge is 0.0858 e. The van der Waals surface area contributed by atoms with Gasteiger partial charge in [0.1, 0.15) is 0 Å². The second-order valence-electron chi connectivity index (χ2n) is 5.44. The van der Waals surface area contributed by atoms with E-state index in [1.165, 1.54) is 25.8 Å². The Hall–Kier alpha value is -1.88.